The van der Waals surface area contributed by atoms with Crippen LogP contribution < -0.4 is 5.32 Å². The van der Waals surface area contributed by atoms with Gasteiger partial charge in [-0.25, -0.2) is 0 Å². The Balaban J connectivity index is 1.56. The summed E-state index contributed by atoms with van der Waals surface area (Å²) >= 11 is 0. The second kappa shape index (κ2) is 8.27. The number of nitrogens with zero attached hydrogens (tertiary/aromatic N) is 2. The summed E-state index contributed by atoms with van der Waals surface area (Å²) in [5, 5.41) is 2.90. The Kier molecular flexibility index (Phi) is 5.38. The van der Waals surface area contributed by atoms with Gasteiger partial charge in [-0.1, -0.05) is 42.5 Å². The number of aromatic nitrogens is 1. The summed E-state index contributed by atoms with van der Waals surface area (Å²) < 4.78 is 0. The smallest absolute Gasteiger partial charge is 0.257 e. The molecule has 0 radical (unpaired) electrons. The second-order valence-electron chi connectivity index (χ2n) is 7.19. The van der Waals surface area contributed by atoms with Crippen molar-refractivity contribution in [3.05, 3.63) is 83.6 Å². The van der Waals surface area contributed by atoms with E-state index in [9.17, 15) is 9.59 Å². The number of hydrogen-bond acceptors (Lipinski definition) is 3. The SMILES string of the molecule is Cc1nc(-c2ccccc2)ccc1C(=O)Nc1ccccc1C(=O)N1CCCC1. The van der Waals surface area contributed by atoms with E-state index in [0.29, 0.717) is 22.5 Å². The Morgan fingerprint density at radius 2 is 1.55 bits per heavy atom. The van der Waals surface area contributed by atoms with Crippen LogP contribution >= 0.6 is 0 Å². The van der Waals surface area contributed by atoms with Gasteiger partial charge in [-0.2, -0.15) is 0 Å². The lowest BCUT2D eigenvalue weighted by atomic mass is 10.1. The molecule has 1 N–H and O–H groups in total. The van der Waals surface area contributed by atoms with Gasteiger partial charge >= 0.3 is 0 Å². The Morgan fingerprint density at radius 3 is 2.28 bits per heavy atom. The minimum Gasteiger partial charge on any atom is -0.339 e. The molecule has 2 amide bonds. The molecule has 5 nitrogen and oxygen atoms in total. The topological polar surface area (TPSA) is 62.3 Å². The molecule has 2 heterocycles. The van der Waals surface area contributed by atoms with Gasteiger partial charge in [0.25, 0.3) is 11.8 Å². The summed E-state index contributed by atoms with van der Waals surface area (Å²) in [5.41, 5.74) is 4.02. The molecule has 0 unspecified atom stereocenters. The number of hydrogen-bond donors (Lipinski definition) is 1. The molecule has 0 spiro atoms. The number of benzene rings is 2. The second-order valence-corrected chi connectivity index (χ2v) is 7.19. The third kappa shape index (κ3) is 4.04. The third-order valence-corrected chi connectivity index (χ3v) is 5.20. The van der Waals surface area contributed by atoms with Crippen LogP contribution in [0.2, 0.25) is 0 Å². The molecule has 0 saturated carbocycles. The maximum atomic E-state index is 12.9. The zero-order valence-electron chi connectivity index (χ0n) is 16.4. The summed E-state index contributed by atoms with van der Waals surface area (Å²) in [6.45, 7) is 3.36. The van der Waals surface area contributed by atoms with Crippen molar-refractivity contribution in [2.75, 3.05) is 18.4 Å². The first-order valence-electron chi connectivity index (χ1n) is 9.86. The highest BCUT2D eigenvalue weighted by Crippen LogP contribution is 2.23. The Labute approximate surface area is 170 Å². The lowest BCUT2D eigenvalue weighted by Gasteiger charge is -2.18. The fourth-order valence-corrected chi connectivity index (χ4v) is 3.63. The van der Waals surface area contributed by atoms with Gasteiger partial charge in [0.2, 0.25) is 0 Å². The zero-order valence-corrected chi connectivity index (χ0v) is 16.4. The molecule has 146 valence electrons. The number of nitrogens with one attached hydrogen (secondary N) is 1. The molecular formula is C24H23N3O2. The summed E-state index contributed by atoms with van der Waals surface area (Å²) in [7, 11) is 0. The van der Waals surface area contributed by atoms with Crippen molar-refractivity contribution in [1.29, 1.82) is 0 Å². The predicted molar refractivity (Wildman–Crippen MR) is 114 cm³/mol. The van der Waals surface area contributed by atoms with Crippen molar-refractivity contribution in [3.63, 3.8) is 0 Å². The molecule has 3 aromatic rings. The van der Waals surface area contributed by atoms with Crippen molar-refractivity contribution in [2.45, 2.75) is 19.8 Å². The molecule has 1 fully saturated rings. The molecule has 1 aliphatic heterocycles. The highest BCUT2D eigenvalue weighted by Gasteiger charge is 2.22. The van der Waals surface area contributed by atoms with E-state index in [1.165, 1.54) is 0 Å². The van der Waals surface area contributed by atoms with Gasteiger partial charge in [0.1, 0.15) is 0 Å². The number of carbonyl (C=O) groups excluding carboxylic acids is 2. The minimum absolute atomic E-state index is 0.0346. The molecule has 0 aliphatic carbocycles. The van der Waals surface area contributed by atoms with E-state index in [1.54, 1.807) is 18.2 Å². The van der Waals surface area contributed by atoms with Crippen LogP contribution in [-0.4, -0.2) is 34.8 Å². The van der Waals surface area contributed by atoms with E-state index in [4.69, 9.17) is 0 Å². The van der Waals surface area contributed by atoms with Crippen LogP contribution in [0.1, 0.15) is 39.3 Å². The first-order chi connectivity index (χ1) is 14.1. The Hall–Kier alpha value is -3.47. The van der Waals surface area contributed by atoms with Gasteiger partial charge in [-0.3, -0.25) is 14.6 Å². The molecule has 1 aliphatic rings. The van der Waals surface area contributed by atoms with Crippen LogP contribution in [0.4, 0.5) is 5.69 Å². The molecule has 5 heteroatoms. The van der Waals surface area contributed by atoms with Crippen molar-refractivity contribution in [2.24, 2.45) is 0 Å². The highest BCUT2D eigenvalue weighted by molar-refractivity contribution is 6.09. The average molecular weight is 385 g/mol. The number of pyridine rings is 1. The van der Waals surface area contributed by atoms with E-state index < -0.39 is 0 Å². The molecule has 29 heavy (non-hydrogen) atoms. The van der Waals surface area contributed by atoms with Crippen LogP contribution in [-0.2, 0) is 0 Å². The van der Waals surface area contributed by atoms with E-state index in [1.807, 2.05) is 60.4 Å². The standard InChI is InChI=1S/C24H23N3O2/c1-17-19(13-14-21(25-17)18-9-3-2-4-10-18)23(28)26-22-12-6-5-11-20(22)24(29)27-15-7-8-16-27/h2-6,9-14H,7-8,15-16H2,1H3,(H,26,28). The predicted octanol–water partition coefficient (Wildman–Crippen LogP) is 4.55. The van der Waals surface area contributed by atoms with Crippen LogP contribution in [0, 0.1) is 6.92 Å². The van der Waals surface area contributed by atoms with Crippen molar-refractivity contribution in [1.82, 2.24) is 9.88 Å². The third-order valence-electron chi connectivity index (χ3n) is 5.20. The number of para-hydroxylation sites is 1. The average Bonchev–Trinajstić information content (AvgIpc) is 3.29. The van der Waals surface area contributed by atoms with E-state index in [-0.39, 0.29) is 11.8 Å². The molecule has 4 rings (SSSR count). The monoisotopic (exact) mass is 385 g/mol. The maximum Gasteiger partial charge on any atom is 0.257 e. The van der Waals surface area contributed by atoms with Crippen molar-refractivity contribution >= 4 is 17.5 Å². The first-order valence-corrected chi connectivity index (χ1v) is 9.86. The molecule has 0 atom stereocenters. The van der Waals surface area contributed by atoms with Crippen LogP contribution in [0.15, 0.2) is 66.7 Å². The van der Waals surface area contributed by atoms with Gasteiger partial charge in [0.05, 0.1) is 28.2 Å². The molecule has 1 saturated heterocycles. The quantitative estimate of drug-likeness (QED) is 0.717. The number of rotatable bonds is 4. The number of amides is 2. The van der Waals surface area contributed by atoms with E-state index in [2.05, 4.69) is 10.3 Å². The maximum absolute atomic E-state index is 12.9. The van der Waals surface area contributed by atoms with E-state index >= 15 is 0 Å². The van der Waals surface area contributed by atoms with Gasteiger partial charge in [0, 0.05) is 18.7 Å². The van der Waals surface area contributed by atoms with E-state index in [0.717, 1.165) is 37.2 Å². The van der Waals surface area contributed by atoms with Gasteiger partial charge in [-0.15, -0.1) is 0 Å². The lowest BCUT2D eigenvalue weighted by molar-refractivity contribution is 0.0794. The van der Waals surface area contributed by atoms with Gasteiger partial charge in [0.15, 0.2) is 0 Å². The minimum atomic E-state index is -0.267. The normalized spacial score (nSPS) is 13.3. The van der Waals surface area contributed by atoms with Crippen LogP contribution in [0.25, 0.3) is 11.3 Å². The molecule has 1 aromatic heterocycles. The summed E-state index contributed by atoms with van der Waals surface area (Å²) in [5.74, 6) is -0.302. The molecule has 0 bridgehead atoms. The molecular weight excluding hydrogens is 362 g/mol. The largest absolute Gasteiger partial charge is 0.339 e. The van der Waals surface area contributed by atoms with Crippen molar-refractivity contribution < 1.29 is 9.59 Å². The molecule has 2 aromatic carbocycles. The summed E-state index contributed by atoms with van der Waals surface area (Å²) in [6.07, 6.45) is 2.05. The Morgan fingerprint density at radius 1 is 0.862 bits per heavy atom. The lowest BCUT2D eigenvalue weighted by Crippen LogP contribution is -2.29. The van der Waals surface area contributed by atoms with Crippen LogP contribution in [0.5, 0.6) is 0 Å². The van der Waals surface area contributed by atoms with Crippen molar-refractivity contribution in [3.8, 4) is 11.3 Å². The highest BCUT2D eigenvalue weighted by atomic mass is 16.2. The number of anilines is 1. The van der Waals surface area contributed by atoms with Gasteiger partial charge < -0.3 is 10.2 Å². The Bertz CT molecular complexity index is 1040. The summed E-state index contributed by atoms with van der Waals surface area (Å²) in [4.78, 5) is 32.1. The fourth-order valence-electron chi connectivity index (χ4n) is 3.63. The van der Waals surface area contributed by atoms with Gasteiger partial charge in [-0.05, 0) is 44.0 Å². The van der Waals surface area contributed by atoms with Crippen LogP contribution in [0.3, 0.4) is 0 Å². The number of likely N-dealkylation sites (tertiary alicyclic amines) is 1. The first kappa shape index (κ1) is 18.9. The zero-order chi connectivity index (χ0) is 20.2. The summed E-state index contributed by atoms with van der Waals surface area (Å²) in [6, 6.07) is 20.6. The number of aryl methyl sites for hydroxylation is 1. The fraction of sp³-hybridized carbons (Fsp3) is 0.208. The number of carbonyl (C=O) groups is 2.